The number of alkyl halides is 2. The van der Waals surface area contributed by atoms with Crippen molar-refractivity contribution >= 4 is 24.4 Å². The summed E-state index contributed by atoms with van der Waals surface area (Å²) in [5.41, 5.74) is -1.35. The van der Waals surface area contributed by atoms with E-state index in [-0.39, 0.29) is 22.3 Å². The van der Waals surface area contributed by atoms with Crippen LogP contribution in [0.25, 0.3) is 0 Å². The number of hydrogen-bond acceptors (Lipinski definition) is 5. The van der Waals surface area contributed by atoms with E-state index in [1.165, 1.54) is 0 Å². The first-order valence-electron chi connectivity index (χ1n) is 10.1. The molecule has 4 saturated carbocycles. The van der Waals surface area contributed by atoms with Crippen molar-refractivity contribution in [3.8, 4) is 0 Å². The van der Waals surface area contributed by atoms with E-state index < -0.39 is 35.3 Å². The normalized spacial score (nSPS) is 35.0. The molecule has 0 heterocycles. The van der Waals surface area contributed by atoms with Gasteiger partial charge in [-0.2, -0.15) is 17.2 Å². The van der Waals surface area contributed by atoms with Gasteiger partial charge in [0.15, 0.2) is 8.32 Å². The maximum absolute atomic E-state index is 13.8. The lowest BCUT2D eigenvalue weighted by molar-refractivity contribution is -0.217. The van der Waals surface area contributed by atoms with Gasteiger partial charge < -0.3 is 9.16 Å². The highest BCUT2D eigenvalue weighted by atomic mass is 32.2. The number of carbonyl (C=O) groups excluding carboxylic acids is 1. The molecule has 4 bridgehead atoms. The lowest BCUT2D eigenvalue weighted by atomic mass is 9.48. The number of halogens is 2. The molecule has 0 amide bonds. The summed E-state index contributed by atoms with van der Waals surface area (Å²) in [6, 6.07) is 0. The number of carbonyl (C=O) groups is 1. The van der Waals surface area contributed by atoms with E-state index in [9.17, 15) is 22.0 Å². The quantitative estimate of drug-likeness (QED) is 0.364. The molecule has 0 aromatic heterocycles. The predicted molar refractivity (Wildman–Crippen MR) is 106 cm³/mol. The minimum absolute atomic E-state index is 0.0387. The molecule has 0 aliphatic heterocycles. The van der Waals surface area contributed by atoms with E-state index in [1.54, 1.807) is 0 Å². The fourth-order valence-corrected chi connectivity index (χ4v) is 6.92. The Labute approximate surface area is 172 Å². The van der Waals surface area contributed by atoms with Crippen molar-refractivity contribution in [1.29, 1.82) is 0 Å². The zero-order chi connectivity index (χ0) is 22.1. The number of hydrogen-bond donors (Lipinski definition) is 1. The van der Waals surface area contributed by atoms with Crippen molar-refractivity contribution in [2.24, 2.45) is 17.3 Å². The topological polar surface area (TPSA) is 89.9 Å². The summed E-state index contributed by atoms with van der Waals surface area (Å²) in [5.74, 6) is -1.69. The molecule has 4 rings (SSSR count). The van der Waals surface area contributed by atoms with Gasteiger partial charge in [-0.25, -0.2) is 4.79 Å². The van der Waals surface area contributed by atoms with Gasteiger partial charge in [0.05, 0.1) is 0 Å². The monoisotopic (exact) mass is 454 g/mol. The van der Waals surface area contributed by atoms with Gasteiger partial charge >= 0.3 is 21.3 Å². The van der Waals surface area contributed by atoms with Crippen molar-refractivity contribution in [3.63, 3.8) is 0 Å². The molecule has 0 aromatic carbocycles. The summed E-state index contributed by atoms with van der Waals surface area (Å²) in [4.78, 5) is 12.0. The van der Waals surface area contributed by atoms with Crippen LogP contribution in [0.2, 0.25) is 18.1 Å². The molecule has 6 nitrogen and oxygen atoms in total. The molecule has 2 unspecified atom stereocenters. The summed E-state index contributed by atoms with van der Waals surface area (Å²) in [5, 5.41) is -4.92. The molecule has 168 valence electrons. The largest absolute Gasteiger partial charge is 0.465 e. The summed E-state index contributed by atoms with van der Waals surface area (Å²) >= 11 is 0. The first-order chi connectivity index (χ1) is 12.9. The number of rotatable bonds is 6. The average molecular weight is 455 g/mol. The number of esters is 1. The Balaban J connectivity index is 1.80. The molecule has 0 spiro atoms. The van der Waals surface area contributed by atoms with Gasteiger partial charge in [0.1, 0.15) is 5.60 Å². The molecule has 4 aliphatic rings. The van der Waals surface area contributed by atoms with E-state index in [0.717, 1.165) is 19.3 Å². The molecule has 29 heavy (non-hydrogen) atoms. The van der Waals surface area contributed by atoms with E-state index in [1.807, 2.05) is 0 Å². The second-order valence-corrected chi connectivity index (χ2v) is 17.3. The molecule has 0 radical (unpaired) electrons. The molecule has 2 atom stereocenters. The van der Waals surface area contributed by atoms with Crippen LogP contribution in [0.3, 0.4) is 0 Å². The molecule has 4 aliphatic carbocycles. The van der Waals surface area contributed by atoms with E-state index >= 15 is 0 Å². The highest BCUT2D eigenvalue weighted by molar-refractivity contribution is 7.87. The lowest BCUT2D eigenvalue weighted by Gasteiger charge is -2.61. The van der Waals surface area contributed by atoms with Crippen LogP contribution in [-0.2, 0) is 24.1 Å². The zero-order valence-corrected chi connectivity index (χ0v) is 19.6. The molecule has 0 saturated heterocycles. The Morgan fingerprint density at radius 2 is 1.66 bits per heavy atom. The van der Waals surface area contributed by atoms with Crippen LogP contribution in [-0.4, -0.2) is 44.7 Å². The molecule has 0 aromatic rings. The van der Waals surface area contributed by atoms with Crippen LogP contribution in [0.4, 0.5) is 8.78 Å². The van der Waals surface area contributed by atoms with E-state index in [4.69, 9.17) is 13.7 Å². The first-order valence-corrected chi connectivity index (χ1v) is 14.5. The average Bonchev–Trinajstić information content (AvgIpc) is 2.49. The third-order valence-corrected chi connectivity index (χ3v) is 12.8. The third kappa shape index (κ3) is 4.14. The van der Waals surface area contributed by atoms with Gasteiger partial charge in [-0.3, -0.25) is 4.55 Å². The Kier molecular flexibility index (Phi) is 5.34. The van der Waals surface area contributed by atoms with Crippen molar-refractivity contribution in [2.45, 2.75) is 88.3 Å². The standard InChI is InChI=1S/C19H32F2O6SSi/c1-16(2,3)29(4,5)26-12-17-7-13-6-14(8-17)10-18(9-13,11-17)27-15(22)19(20,21)28(23,24)25/h13-14H,6-12H2,1-5H3,(H,23,24,25). The SMILES string of the molecule is CC(C)(C)[Si](C)(C)OCC12CC3CC(C1)CC(OC(=O)C(F)(F)S(=O)(=O)O)(C3)C2. The van der Waals surface area contributed by atoms with E-state index in [0.29, 0.717) is 25.9 Å². The minimum atomic E-state index is -5.87. The molecule has 10 heteroatoms. The maximum atomic E-state index is 13.8. The highest BCUT2D eigenvalue weighted by Crippen LogP contribution is 2.63. The summed E-state index contributed by atoms with van der Waals surface area (Å²) in [7, 11) is -7.88. The van der Waals surface area contributed by atoms with Crippen LogP contribution in [0.5, 0.6) is 0 Å². The second-order valence-electron chi connectivity index (χ2n) is 11.1. The molecular formula is C19H32F2O6SSi. The molecule has 4 fully saturated rings. The van der Waals surface area contributed by atoms with Gasteiger partial charge in [-0.1, -0.05) is 20.8 Å². The van der Waals surface area contributed by atoms with Gasteiger partial charge in [-0.05, 0) is 73.9 Å². The summed E-state index contributed by atoms with van der Waals surface area (Å²) in [6.07, 6.45) is 4.10. The molecule has 1 N–H and O–H groups in total. The van der Waals surface area contributed by atoms with E-state index in [2.05, 4.69) is 33.9 Å². The van der Waals surface area contributed by atoms with Gasteiger partial charge in [0.25, 0.3) is 0 Å². The Morgan fingerprint density at radius 3 is 2.10 bits per heavy atom. The van der Waals surface area contributed by atoms with Crippen LogP contribution >= 0.6 is 0 Å². The van der Waals surface area contributed by atoms with Gasteiger partial charge in [0.2, 0.25) is 0 Å². The lowest BCUT2D eigenvalue weighted by Crippen LogP contribution is -2.60. The minimum Gasteiger partial charge on any atom is -0.454 e. The van der Waals surface area contributed by atoms with Gasteiger partial charge in [-0.15, -0.1) is 0 Å². The molecular weight excluding hydrogens is 422 g/mol. The zero-order valence-electron chi connectivity index (χ0n) is 17.8. The van der Waals surface area contributed by atoms with Crippen LogP contribution in [0, 0.1) is 17.3 Å². The van der Waals surface area contributed by atoms with Crippen LogP contribution in [0.1, 0.15) is 59.3 Å². The summed E-state index contributed by atoms with van der Waals surface area (Å²) < 4.78 is 69.9. The van der Waals surface area contributed by atoms with Gasteiger partial charge in [0, 0.05) is 6.61 Å². The van der Waals surface area contributed by atoms with Crippen molar-refractivity contribution in [2.75, 3.05) is 6.61 Å². The fraction of sp³-hybridized carbons (Fsp3) is 0.947. The van der Waals surface area contributed by atoms with Crippen molar-refractivity contribution in [1.82, 2.24) is 0 Å². The third-order valence-electron chi connectivity index (χ3n) is 7.54. The fourth-order valence-electron chi connectivity index (χ4n) is 5.56. The highest BCUT2D eigenvalue weighted by Gasteiger charge is 2.63. The number of ether oxygens (including phenoxy) is 1. The van der Waals surface area contributed by atoms with Crippen LogP contribution in [0.15, 0.2) is 0 Å². The summed E-state index contributed by atoms with van der Waals surface area (Å²) in [6.45, 7) is 11.3. The maximum Gasteiger partial charge on any atom is 0.465 e. The van der Waals surface area contributed by atoms with Crippen LogP contribution < -0.4 is 0 Å². The Bertz CT molecular complexity index is 775. The first kappa shape index (κ1) is 23.1. The predicted octanol–water partition coefficient (Wildman–Crippen LogP) is 4.37. The Hall–Kier alpha value is -0.583. The Morgan fingerprint density at radius 1 is 1.14 bits per heavy atom. The second kappa shape index (κ2) is 6.71. The smallest absolute Gasteiger partial charge is 0.454 e. The van der Waals surface area contributed by atoms with Crippen molar-refractivity contribution < 1.29 is 35.7 Å². The van der Waals surface area contributed by atoms with Crippen molar-refractivity contribution in [3.05, 3.63) is 0 Å².